The summed E-state index contributed by atoms with van der Waals surface area (Å²) >= 11 is 0. The van der Waals surface area contributed by atoms with E-state index in [1.165, 1.54) is 32.1 Å². The summed E-state index contributed by atoms with van der Waals surface area (Å²) in [5.74, 6) is 2.55. The van der Waals surface area contributed by atoms with E-state index in [9.17, 15) is 4.79 Å². The number of ketones is 1. The molecule has 2 N–H and O–H groups in total. The molecule has 4 rings (SSSR count). The highest BCUT2D eigenvalue weighted by Crippen LogP contribution is 2.28. The Balaban J connectivity index is 1.27. The first-order valence-electron chi connectivity index (χ1n) is 10.5. The normalized spacial score (nSPS) is 21.6. The highest BCUT2D eigenvalue weighted by molar-refractivity contribution is 5.87. The standard InChI is InChI=1S/C21H31N5O/c27-18(13-22-12-16-5-2-1-3-6-16)11-17-7-4-10-26(14-17)21-19-8-9-23-20(19)24-15-25-21/h8-9,15-17,22H,1-7,10-14H2,(H,23,24,25). The number of rotatable bonds is 7. The summed E-state index contributed by atoms with van der Waals surface area (Å²) in [6.45, 7) is 3.45. The number of aromatic nitrogens is 3. The molecule has 2 aliphatic rings. The number of H-pyrrole nitrogens is 1. The van der Waals surface area contributed by atoms with E-state index in [4.69, 9.17) is 0 Å². The van der Waals surface area contributed by atoms with Gasteiger partial charge in [-0.25, -0.2) is 9.97 Å². The third-order valence-corrected chi connectivity index (χ3v) is 6.15. The summed E-state index contributed by atoms with van der Waals surface area (Å²) in [7, 11) is 0. The minimum absolute atomic E-state index is 0.354. The van der Waals surface area contributed by atoms with Gasteiger partial charge in [-0.2, -0.15) is 0 Å². The van der Waals surface area contributed by atoms with Crippen LogP contribution in [-0.4, -0.2) is 46.9 Å². The molecule has 0 amide bonds. The van der Waals surface area contributed by atoms with E-state index in [1.54, 1.807) is 6.33 Å². The lowest BCUT2D eigenvalue weighted by atomic mass is 9.89. The highest BCUT2D eigenvalue weighted by Gasteiger charge is 2.24. The van der Waals surface area contributed by atoms with Crippen molar-refractivity contribution in [1.29, 1.82) is 0 Å². The number of hydrogen-bond donors (Lipinski definition) is 2. The van der Waals surface area contributed by atoms with Crippen LogP contribution in [0.15, 0.2) is 18.6 Å². The second-order valence-electron chi connectivity index (χ2n) is 8.27. The number of carbonyl (C=O) groups is 1. The Morgan fingerprint density at radius 2 is 2.00 bits per heavy atom. The molecule has 1 saturated heterocycles. The van der Waals surface area contributed by atoms with Crippen LogP contribution in [0.4, 0.5) is 5.82 Å². The van der Waals surface area contributed by atoms with Crippen LogP contribution in [0, 0.1) is 11.8 Å². The first kappa shape index (κ1) is 18.4. The topological polar surface area (TPSA) is 73.9 Å². The Hall–Kier alpha value is -1.95. The van der Waals surface area contributed by atoms with Crippen molar-refractivity contribution in [3.63, 3.8) is 0 Å². The highest BCUT2D eigenvalue weighted by atomic mass is 16.1. The molecule has 6 heteroatoms. The lowest BCUT2D eigenvalue weighted by Gasteiger charge is -2.33. The van der Waals surface area contributed by atoms with Crippen LogP contribution < -0.4 is 10.2 Å². The smallest absolute Gasteiger partial charge is 0.146 e. The number of hydrogen-bond acceptors (Lipinski definition) is 5. The molecule has 2 aromatic heterocycles. The first-order valence-corrected chi connectivity index (χ1v) is 10.5. The summed E-state index contributed by atoms with van der Waals surface area (Å²) in [4.78, 5) is 26.7. The maximum atomic E-state index is 12.5. The summed E-state index contributed by atoms with van der Waals surface area (Å²) in [5, 5.41) is 4.49. The predicted octanol–water partition coefficient (Wildman–Crippen LogP) is 3.30. The van der Waals surface area contributed by atoms with Crippen molar-refractivity contribution in [1.82, 2.24) is 20.3 Å². The fraction of sp³-hybridized carbons (Fsp3) is 0.667. The number of carbonyl (C=O) groups excluding carboxylic acids is 1. The number of Topliss-reactive ketones (excluding diaryl/α,β-unsaturated/α-hetero) is 1. The van der Waals surface area contributed by atoms with E-state index in [-0.39, 0.29) is 0 Å². The van der Waals surface area contributed by atoms with Crippen LogP contribution in [0.25, 0.3) is 11.0 Å². The number of nitrogens with one attached hydrogen (secondary N) is 2. The van der Waals surface area contributed by atoms with Crippen LogP contribution in [0.3, 0.4) is 0 Å². The molecule has 1 aliphatic heterocycles. The van der Waals surface area contributed by atoms with Gasteiger partial charge in [-0.05, 0) is 50.1 Å². The van der Waals surface area contributed by atoms with Gasteiger partial charge in [0.2, 0.25) is 0 Å². The average molecular weight is 370 g/mol. The number of anilines is 1. The van der Waals surface area contributed by atoms with Gasteiger partial charge in [-0.1, -0.05) is 19.3 Å². The summed E-state index contributed by atoms with van der Waals surface area (Å²) in [6, 6.07) is 2.04. The summed E-state index contributed by atoms with van der Waals surface area (Å²) < 4.78 is 0. The number of fused-ring (bicyclic) bond motifs is 1. The first-order chi connectivity index (χ1) is 13.3. The van der Waals surface area contributed by atoms with Gasteiger partial charge in [0.25, 0.3) is 0 Å². The number of nitrogens with zero attached hydrogens (tertiary/aromatic N) is 3. The zero-order chi connectivity index (χ0) is 18.5. The van der Waals surface area contributed by atoms with Crippen molar-refractivity contribution in [2.24, 2.45) is 11.8 Å². The van der Waals surface area contributed by atoms with E-state index < -0.39 is 0 Å². The summed E-state index contributed by atoms with van der Waals surface area (Å²) in [6.07, 6.45) is 13.2. The van der Waals surface area contributed by atoms with Crippen LogP contribution in [0.5, 0.6) is 0 Å². The van der Waals surface area contributed by atoms with Gasteiger partial charge in [-0.3, -0.25) is 4.79 Å². The third kappa shape index (κ3) is 4.67. The maximum absolute atomic E-state index is 12.5. The largest absolute Gasteiger partial charge is 0.356 e. The second-order valence-corrected chi connectivity index (χ2v) is 8.27. The molecule has 1 atom stereocenters. The summed E-state index contributed by atoms with van der Waals surface area (Å²) in [5.41, 5.74) is 0.880. The van der Waals surface area contributed by atoms with Crippen molar-refractivity contribution >= 4 is 22.6 Å². The lowest BCUT2D eigenvalue weighted by molar-refractivity contribution is -0.119. The minimum Gasteiger partial charge on any atom is -0.356 e. The molecule has 1 aliphatic carbocycles. The van der Waals surface area contributed by atoms with E-state index in [0.29, 0.717) is 24.7 Å². The van der Waals surface area contributed by atoms with E-state index in [0.717, 1.165) is 55.2 Å². The molecule has 146 valence electrons. The lowest BCUT2D eigenvalue weighted by Crippen LogP contribution is -2.38. The fourth-order valence-electron chi connectivity index (χ4n) is 4.74. The molecule has 1 saturated carbocycles. The molecule has 0 spiro atoms. The van der Waals surface area contributed by atoms with Crippen LogP contribution in [0.1, 0.15) is 51.4 Å². The van der Waals surface area contributed by atoms with Crippen molar-refractivity contribution in [2.45, 2.75) is 51.4 Å². The Labute approximate surface area is 161 Å². The molecule has 0 radical (unpaired) electrons. The van der Waals surface area contributed by atoms with E-state index in [1.807, 2.05) is 12.3 Å². The maximum Gasteiger partial charge on any atom is 0.146 e. The van der Waals surface area contributed by atoms with Crippen molar-refractivity contribution in [3.8, 4) is 0 Å². The Morgan fingerprint density at radius 3 is 2.89 bits per heavy atom. The zero-order valence-corrected chi connectivity index (χ0v) is 16.1. The molecular weight excluding hydrogens is 338 g/mol. The molecular formula is C21H31N5O. The number of aromatic amines is 1. The molecule has 3 heterocycles. The van der Waals surface area contributed by atoms with Gasteiger partial charge in [0, 0.05) is 25.7 Å². The quantitative estimate of drug-likeness (QED) is 0.783. The van der Waals surface area contributed by atoms with Crippen molar-refractivity contribution in [2.75, 3.05) is 31.1 Å². The zero-order valence-electron chi connectivity index (χ0n) is 16.1. The van der Waals surface area contributed by atoms with Crippen LogP contribution in [0.2, 0.25) is 0 Å². The molecule has 2 fully saturated rings. The average Bonchev–Trinajstić information content (AvgIpc) is 3.18. The minimum atomic E-state index is 0.354. The third-order valence-electron chi connectivity index (χ3n) is 6.15. The van der Waals surface area contributed by atoms with Gasteiger partial charge in [-0.15, -0.1) is 0 Å². The Morgan fingerprint density at radius 1 is 1.15 bits per heavy atom. The Kier molecular flexibility index (Phi) is 6.02. The van der Waals surface area contributed by atoms with Gasteiger partial charge in [0.05, 0.1) is 11.9 Å². The van der Waals surface area contributed by atoms with Gasteiger partial charge >= 0.3 is 0 Å². The van der Waals surface area contributed by atoms with Crippen molar-refractivity contribution in [3.05, 3.63) is 18.6 Å². The molecule has 2 aromatic rings. The molecule has 1 unspecified atom stereocenters. The second kappa shape index (κ2) is 8.83. The van der Waals surface area contributed by atoms with Gasteiger partial charge in [0.1, 0.15) is 23.6 Å². The van der Waals surface area contributed by atoms with Gasteiger partial charge < -0.3 is 15.2 Å². The molecule has 0 bridgehead atoms. The van der Waals surface area contributed by atoms with Crippen molar-refractivity contribution < 1.29 is 4.79 Å². The molecule has 27 heavy (non-hydrogen) atoms. The monoisotopic (exact) mass is 369 g/mol. The molecule has 6 nitrogen and oxygen atoms in total. The SMILES string of the molecule is O=C(CNCC1CCCCC1)CC1CCCN(c2ncnc3[nH]ccc23)C1. The number of piperidine rings is 1. The van der Waals surface area contributed by atoms with Gasteiger partial charge in [0.15, 0.2) is 0 Å². The van der Waals surface area contributed by atoms with Crippen LogP contribution >= 0.6 is 0 Å². The fourth-order valence-corrected chi connectivity index (χ4v) is 4.74. The van der Waals surface area contributed by atoms with E-state index in [2.05, 4.69) is 25.2 Å². The molecule has 0 aromatic carbocycles. The van der Waals surface area contributed by atoms with Crippen LogP contribution in [-0.2, 0) is 4.79 Å². The Bertz CT molecular complexity index is 752. The predicted molar refractivity (Wildman–Crippen MR) is 108 cm³/mol. The van der Waals surface area contributed by atoms with E-state index >= 15 is 0 Å².